The maximum Gasteiger partial charge on any atom is 0.223 e. The first-order chi connectivity index (χ1) is 9.27. The summed E-state index contributed by atoms with van der Waals surface area (Å²) in [4.78, 5) is 10.2. The molecule has 20 heavy (non-hydrogen) atoms. The maximum atomic E-state index is 4.96. The van der Waals surface area contributed by atoms with Crippen LogP contribution in [0.2, 0.25) is 0 Å². The lowest BCUT2D eigenvalue weighted by molar-refractivity contribution is 0.384. The summed E-state index contributed by atoms with van der Waals surface area (Å²) in [6.45, 7) is 13.2. The Morgan fingerprint density at radius 2 is 1.95 bits per heavy atom. The van der Waals surface area contributed by atoms with Gasteiger partial charge in [-0.2, -0.15) is 4.98 Å². The Kier molecular flexibility index (Phi) is 4.25. The average molecular weight is 294 g/mol. The van der Waals surface area contributed by atoms with Gasteiger partial charge in [-0.05, 0) is 13.8 Å². The molecule has 1 atom stereocenters. The van der Waals surface area contributed by atoms with Crippen LogP contribution in [0.5, 0.6) is 0 Å². The predicted molar refractivity (Wildman–Crippen MR) is 79.8 cm³/mol. The van der Waals surface area contributed by atoms with E-state index >= 15 is 0 Å². The highest BCUT2D eigenvalue weighted by Gasteiger charge is 2.22. The molecule has 2 aromatic rings. The molecule has 2 heterocycles. The molecule has 0 bridgehead atoms. The Bertz CT molecular complexity index is 582. The number of nitrogens with zero attached hydrogens (tertiary/aromatic N) is 3. The fraction of sp³-hybridized carbons (Fsp3) is 0.643. The molecule has 0 aliphatic heterocycles. The van der Waals surface area contributed by atoms with Crippen LogP contribution in [0.25, 0.3) is 0 Å². The predicted octanol–water partition coefficient (Wildman–Crippen LogP) is 3.29. The van der Waals surface area contributed by atoms with E-state index in [0.29, 0.717) is 18.3 Å². The summed E-state index contributed by atoms with van der Waals surface area (Å²) >= 11 is 1.78. The Morgan fingerprint density at radius 1 is 1.25 bits per heavy atom. The summed E-state index contributed by atoms with van der Waals surface area (Å²) in [7, 11) is 0. The van der Waals surface area contributed by atoms with Gasteiger partial charge in [-0.15, -0.1) is 11.3 Å². The molecule has 1 N–H and O–H groups in total. The van der Waals surface area contributed by atoms with E-state index in [2.05, 4.69) is 50.1 Å². The standard InChI is InChI=1S/C14H22N4OS/c1-8(15-7-11-17-10(3)19-18-11)12-9(2)16-13(20-12)14(4,5)6/h8,15H,7H2,1-6H3. The van der Waals surface area contributed by atoms with Crippen LogP contribution in [0.4, 0.5) is 0 Å². The molecule has 110 valence electrons. The Morgan fingerprint density at radius 3 is 2.45 bits per heavy atom. The largest absolute Gasteiger partial charge is 0.340 e. The topological polar surface area (TPSA) is 63.8 Å². The van der Waals surface area contributed by atoms with E-state index in [4.69, 9.17) is 9.51 Å². The molecule has 2 rings (SSSR count). The Hall–Kier alpha value is -1.27. The van der Waals surface area contributed by atoms with Crippen molar-refractivity contribution in [2.45, 2.75) is 59.5 Å². The van der Waals surface area contributed by atoms with E-state index in [0.717, 1.165) is 5.69 Å². The lowest BCUT2D eigenvalue weighted by atomic mass is 9.98. The Labute approximate surface area is 123 Å². The third-order valence-corrected chi connectivity index (χ3v) is 4.77. The van der Waals surface area contributed by atoms with Gasteiger partial charge in [0.25, 0.3) is 0 Å². The van der Waals surface area contributed by atoms with E-state index in [9.17, 15) is 0 Å². The minimum absolute atomic E-state index is 0.0954. The van der Waals surface area contributed by atoms with Crippen molar-refractivity contribution < 1.29 is 4.52 Å². The van der Waals surface area contributed by atoms with Crippen molar-refractivity contribution in [1.82, 2.24) is 20.4 Å². The van der Waals surface area contributed by atoms with Gasteiger partial charge in [-0.25, -0.2) is 4.98 Å². The fourth-order valence-electron chi connectivity index (χ4n) is 1.88. The number of hydrogen-bond acceptors (Lipinski definition) is 6. The maximum absolute atomic E-state index is 4.96. The van der Waals surface area contributed by atoms with Crippen LogP contribution < -0.4 is 5.32 Å². The van der Waals surface area contributed by atoms with E-state index in [1.807, 2.05) is 0 Å². The normalized spacial score (nSPS) is 13.7. The Balaban J connectivity index is 2.05. The average Bonchev–Trinajstić information content (AvgIpc) is 2.92. The van der Waals surface area contributed by atoms with Crippen LogP contribution in [-0.4, -0.2) is 15.1 Å². The number of hydrogen-bond donors (Lipinski definition) is 1. The molecule has 0 spiro atoms. The van der Waals surface area contributed by atoms with E-state index < -0.39 is 0 Å². The molecule has 0 aromatic carbocycles. The summed E-state index contributed by atoms with van der Waals surface area (Å²) in [5, 5.41) is 8.48. The molecule has 5 nitrogen and oxygen atoms in total. The van der Waals surface area contributed by atoms with Gasteiger partial charge in [0.05, 0.1) is 17.2 Å². The van der Waals surface area contributed by atoms with E-state index in [-0.39, 0.29) is 11.5 Å². The number of aryl methyl sites for hydroxylation is 2. The molecule has 2 aromatic heterocycles. The number of aromatic nitrogens is 3. The van der Waals surface area contributed by atoms with Gasteiger partial charge in [-0.3, -0.25) is 0 Å². The van der Waals surface area contributed by atoms with Gasteiger partial charge in [-0.1, -0.05) is 25.9 Å². The quantitative estimate of drug-likeness (QED) is 0.937. The van der Waals surface area contributed by atoms with Crippen molar-refractivity contribution in [1.29, 1.82) is 0 Å². The molecule has 0 amide bonds. The molecular weight excluding hydrogens is 272 g/mol. The molecule has 0 fully saturated rings. The summed E-state index contributed by atoms with van der Waals surface area (Å²) in [5.41, 5.74) is 1.20. The summed E-state index contributed by atoms with van der Waals surface area (Å²) in [6.07, 6.45) is 0. The second-order valence-electron chi connectivity index (χ2n) is 6.05. The highest BCUT2D eigenvalue weighted by molar-refractivity contribution is 7.12. The van der Waals surface area contributed by atoms with Crippen molar-refractivity contribution in [3.8, 4) is 0 Å². The number of nitrogens with one attached hydrogen (secondary N) is 1. The summed E-state index contributed by atoms with van der Waals surface area (Å²) in [5.74, 6) is 1.28. The zero-order valence-electron chi connectivity index (χ0n) is 12.9. The third-order valence-electron chi connectivity index (χ3n) is 3.00. The van der Waals surface area contributed by atoms with Crippen LogP contribution in [0, 0.1) is 13.8 Å². The zero-order chi connectivity index (χ0) is 14.9. The second-order valence-corrected chi connectivity index (χ2v) is 7.08. The molecule has 0 aliphatic rings. The number of thiazole rings is 1. The highest BCUT2D eigenvalue weighted by atomic mass is 32.1. The van der Waals surface area contributed by atoms with Crippen molar-refractivity contribution in [2.75, 3.05) is 0 Å². The van der Waals surface area contributed by atoms with Crippen LogP contribution in [0.15, 0.2) is 4.52 Å². The van der Waals surface area contributed by atoms with Crippen molar-refractivity contribution >= 4 is 11.3 Å². The molecule has 0 aliphatic carbocycles. The highest BCUT2D eigenvalue weighted by Crippen LogP contribution is 2.32. The SMILES string of the molecule is Cc1nc(CNC(C)c2sc(C(C)(C)C)nc2C)no1. The van der Waals surface area contributed by atoms with Crippen LogP contribution in [-0.2, 0) is 12.0 Å². The zero-order valence-corrected chi connectivity index (χ0v) is 13.8. The van der Waals surface area contributed by atoms with E-state index in [1.165, 1.54) is 9.88 Å². The van der Waals surface area contributed by atoms with Crippen LogP contribution in [0.3, 0.4) is 0 Å². The second kappa shape index (κ2) is 5.61. The van der Waals surface area contributed by atoms with E-state index in [1.54, 1.807) is 18.3 Å². The van der Waals surface area contributed by atoms with Gasteiger partial charge in [0.1, 0.15) is 0 Å². The first kappa shape index (κ1) is 15.1. The monoisotopic (exact) mass is 294 g/mol. The minimum atomic E-state index is 0.0954. The number of rotatable bonds is 4. The first-order valence-corrected chi connectivity index (χ1v) is 7.59. The molecule has 0 saturated carbocycles. The summed E-state index contributed by atoms with van der Waals surface area (Å²) in [6, 6.07) is 0.224. The van der Waals surface area contributed by atoms with Crippen LogP contribution in [0.1, 0.15) is 61.0 Å². The third kappa shape index (κ3) is 3.43. The van der Waals surface area contributed by atoms with Crippen molar-refractivity contribution in [3.63, 3.8) is 0 Å². The van der Waals surface area contributed by atoms with Gasteiger partial charge in [0, 0.05) is 23.3 Å². The molecular formula is C14H22N4OS. The lowest BCUT2D eigenvalue weighted by Crippen LogP contribution is -2.18. The van der Waals surface area contributed by atoms with Gasteiger partial charge in [0.2, 0.25) is 5.89 Å². The molecule has 1 unspecified atom stereocenters. The molecule has 6 heteroatoms. The molecule has 0 radical (unpaired) electrons. The van der Waals surface area contributed by atoms with Crippen molar-refractivity contribution in [3.05, 3.63) is 27.3 Å². The first-order valence-electron chi connectivity index (χ1n) is 6.77. The molecule has 0 saturated heterocycles. The lowest BCUT2D eigenvalue weighted by Gasteiger charge is -2.14. The minimum Gasteiger partial charge on any atom is -0.340 e. The van der Waals surface area contributed by atoms with Gasteiger partial charge >= 0.3 is 0 Å². The fourth-order valence-corrected chi connectivity index (χ4v) is 3.03. The summed E-state index contributed by atoms with van der Waals surface area (Å²) < 4.78 is 4.96. The van der Waals surface area contributed by atoms with Crippen LogP contribution >= 0.6 is 11.3 Å². The van der Waals surface area contributed by atoms with Gasteiger partial charge in [0.15, 0.2) is 5.82 Å². The smallest absolute Gasteiger partial charge is 0.223 e. The van der Waals surface area contributed by atoms with Crippen molar-refractivity contribution in [2.24, 2.45) is 0 Å². The van der Waals surface area contributed by atoms with Gasteiger partial charge < -0.3 is 9.84 Å².